The van der Waals surface area contributed by atoms with Gasteiger partial charge in [-0.15, -0.1) is 0 Å². The summed E-state index contributed by atoms with van der Waals surface area (Å²) in [6.07, 6.45) is 0.00737. The number of ether oxygens (including phenoxy) is 2. The maximum absolute atomic E-state index is 13.0. The molecule has 0 saturated carbocycles. The lowest BCUT2D eigenvalue weighted by molar-refractivity contribution is -0.0979. The molecule has 0 saturated heterocycles. The second kappa shape index (κ2) is 8.17. The molecule has 0 fully saturated rings. The van der Waals surface area contributed by atoms with Gasteiger partial charge in [0.25, 0.3) is 0 Å². The molecule has 3 aromatic rings. The van der Waals surface area contributed by atoms with Crippen LogP contribution >= 0.6 is 0 Å². The van der Waals surface area contributed by atoms with Crippen molar-refractivity contribution in [2.24, 2.45) is 0 Å². The number of para-hydroxylation sites is 1. The van der Waals surface area contributed by atoms with E-state index in [-0.39, 0.29) is 5.78 Å². The van der Waals surface area contributed by atoms with Gasteiger partial charge in [-0.1, -0.05) is 18.2 Å². The average Bonchev–Trinajstić information content (AvgIpc) is 3.04. The number of carbonyl (C=O) groups is 1. The molecule has 5 heteroatoms. The molecule has 26 heavy (non-hydrogen) atoms. The number of aryl methyl sites for hydroxylation is 1. The lowest BCUT2D eigenvalue weighted by Crippen LogP contribution is -2.13. The first kappa shape index (κ1) is 18.2. The molecule has 136 valence electrons. The molecule has 0 radical (unpaired) electrons. The van der Waals surface area contributed by atoms with Crippen LogP contribution in [0.2, 0.25) is 0 Å². The molecule has 5 nitrogen and oxygen atoms in total. The van der Waals surface area contributed by atoms with Crippen molar-refractivity contribution < 1.29 is 23.8 Å². The number of fused-ring (bicyclic) bond motifs is 1. The maximum Gasteiger partial charge on any atom is 0.228 e. The van der Waals surface area contributed by atoms with Crippen molar-refractivity contribution in [3.8, 4) is 5.75 Å². The molecule has 0 aliphatic heterocycles. The van der Waals surface area contributed by atoms with Gasteiger partial charge in [0.1, 0.15) is 11.3 Å². The fourth-order valence-electron chi connectivity index (χ4n) is 2.95. The predicted molar refractivity (Wildman–Crippen MR) is 98.6 cm³/mol. The van der Waals surface area contributed by atoms with Gasteiger partial charge in [0.2, 0.25) is 5.78 Å². The summed E-state index contributed by atoms with van der Waals surface area (Å²) in [5.74, 6) is 0.802. The number of methoxy groups -OCH3 is 1. The van der Waals surface area contributed by atoms with Gasteiger partial charge in [-0.05, 0) is 43.7 Å². The monoisotopic (exact) mass is 354 g/mol. The van der Waals surface area contributed by atoms with Crippen LogP contribution in [0.15, 0.2) is 52.9 Å². The summed E-state index contributed by atoms with van der Waals surface area (Å²) >= 11 is 0. The normalized spacial score (nSPS) is 12.3. The molecule has 0 amide bonds. The van der Waals surface area contributed by atoms with Crippen LogP contribution in [0.5, 0.6) is 5.75 Å². The second-order valence-electron chi connectivity index (χ2n) is 5.91. The molecule has 2 aromatic carbocycles. The van der Waals surface area contributed by atoms with Crippen molar-refractivity contribution >= 4 is 16.8 Å². The average molecular weight is 354 g/mol. The Morgan fingerprint density at radius 1 is 1.15 bits per heavy atom. The summed E-state index contributed by atoms with van der Waals surface area (Å²) in [5.41, 5.74) is 1.97. The van der Waals surface area contributed by atoms with Crippen molar-refractivity contribution in [1.82, 2.24) is 0 Å². The Balaban J connectivity index is 1.95. The van der Waals surface area contributed by atoms with E-state index in [4.69, 9.17) is 13.9 Å². The van der Waals surface area contributed by atoms with Crippen LogP contribution in [-0.4, -0.2) is 30.9 Å². The summed E-state index contributed by atoms with van der Waals surface area (Å²) in [7, 11) is 1.58. The van der Waals surface area contributed by atoms with Gasteiger partial charge >= 0.3 is 0 Å². The van der Waals surface area contributed by atoms with Gasteiger partial charge in [-0.3, -0.25) is 4.79 Å². The number of hydrogen-bond donors (Lipinski definition) is 1. The summed E-state index contributed by atoms with van der Waals surface area (Å²) in [6.45, 7) is 2.26. The zero-order valence-corrected chi connectivity index (χ0v) is 14.9. The zero-order valence-electron chi connectivity index (χ0n) is 14.9. The third-order valence-electron chi connectivity index (χ3n) is 4.26. The first-order chi connectivity index (χ1) is 12.6. The van der Waals surface area contributed by atoms with Crippen LogP contribution in [0.4, 0.5) is 0 Å². The van der Waals surface area contributed by atoms with Crippen LogP contribution in [0.25, 0.3) is 11.0 Å². The van der Waals surface area contributed by atoms with E-state index in [1.165, 1.54) is 0 Å². The first-order valence-corrected chi connectivity index (χ1v) is 8.62. The number of aliphatic hydroxyl groups is 1. The van der Waals surface area contributed by atoms with E-state index in [1.54, 1.807) is 31.4 Å². The summed E-state index contributed by atoms with van der Waals surface area (Å²) in [4.78, 5) is 13.0. The van der Waals surface area contributed by atoms with Crippen molar-refractivity contribution in [2.45, 2.75) is 26.1 Å². The highest BCUT2D eigenvalue weighted by atomic mass is 16.6. The van der Waals surface area contributed by atoms with Gasteiger partial charge in [0.15, 0.2) is 12.1 Å². The molecule has 1 N–H and O–H groups in total. The molecule has 0 spiro atoms. The number of benzene rings is 2. The molecule has 0 aliphatic carbocycles. The second-order valence-corrected chi connectivity index (χ2v) is 5.91. The van der Waals surface area contributed by atoms with Crippen LogP contribution in [0, 0.1) is 0 Å². The highest BCUT2D eigenvalue weighted by Crippen LogP contribution is 2.29. The lowest BCUT2D eigenvalue weighted by Gasteiger charge is -2.10. The van der Waals surface area contributed by atoms with Gasteiger partial charge in [0.05, 0.1) is 7.11 Å². The fraction of sp³-hybridized carbons (Fsp3) is 0.286. The number of furan rings is 1. The molecule has 3 rings (SSSR count). The van der Waals surface area contributed by atoms with Crippen molar-refractivity contribution in [3.63, 3.8) is 0 Å². The minimum absolute atomic E-state index is 0.190. The van der Waals surface area contributed by atoms with E-state index in [0.29, 0.717) is 42.1 Å². The Kier molecular flexibility index (Phi) is 5.71. The van der Waals surface area contributed by atoms with Gasteiger partial charge in [0, 0.05) is 29.5 Å². The SMILES string of the molecule is CCOC(O)CCc1c(C(=O)c2ccc(OC)cc2)oc2ccccc12. The van der Waals surface area contributed by atoms with Crippen LogP contribution in [-0.2, 0) is 11.2 Å². The fourth-order valence-corrected chi connectivity index (χ4v) is 2.95. The lowest BCUT2D eigenvalue weighted by atomic mass is 10.00. The molecule has 1 atom stereocenters. The zero-order chi connectivity index (χ0) is 18.5. The van der Waals surface area contributed by atoms with Gasteiger partial charge in [-0.2, -0.15) is 0 Å². The number of aliphatic hydroxyl groups excluding tert-OH is 1. The largest absolute Gasteiger partial charge is 0.497 e. The topological polar surface area (TPSA) is 68.9 Å². The molecule has 1 heterocycles. The Labute approximate surface area is 152 Å². The van der Waals surface area contributed by atoms with Gasteiger partial charge in [-0.25, -0.2) is 0 Å². The molecular weight excluding hydrogens is 332 g/mol. The Morgan fingerprint density at radius 2 is 1.88 bits per heavy atom. The Hall–Kier alpha value is -2.63. The Morgan fingerprint density at radius 3 is 2.58 bits per heavy atom. The van der Waals surface area contributed by atoms with E-state index >= 15 is 0 Å². The number of carbonyl (C=O) groups excluding carboxylic acids is 1. The highest BCUT2D eigenvalue weighted by Gasteiger charge is 2.22. The molecule has 1 unspecified atom stereocenters. The highest BCUT2D eigenvalue weighted by molar-refractivity contribution is 6.10. The molecular formula is C21H22O5. The smallest absolute Gasteiger partial charge is 0.228 e. The van der Waals surface area contributed by atoms with Crippen LogP contribution < -0.4 is 4.74 Å². The van der Waals surface area contributed by atoms with Crippen molar-refractivity contribution in [1.29, 1.82) is 0 Å². The molecule has 1 aromatic heterocycles. The van der Waals surface area contributed by atoms with E-state index in [0.717, 1.165) is 10.9 Å². The summed E-state index contributed by atoms with van der Waals surface area (Å²) < 4.78 is 16.2. The third-order valence-corrected chi connectivity index (χ3v) is 4.26. The van der Waals surface area contributed by atoms with Gasteiger partial charge < -0.3 is 19.0 Å². The maximum atomic E-state index is 13.0. The van der Waals surface area contributed by atoms with E-state index in [1.807, 2.05) is 31.2 Å². The third kappa shape index (κ3) is 3.79. The van der Waals surface area contributed by atoms with Crippen LogP contribution in [0.1, 0.15) is 35.0 Å². The predicted octanol–water partition coefficient (Wildman–Crippen LogP) is 3.96. The number of hydrogen-bond acceptors (Lipinski definition) is 5. The summed E-state index contributed by atoms with van der Waals surface area (Å²) in [6, 6.07) is 14.5. The molecule has 0 bridgehead atoms. The molecule has 0 aliphatic rings. The van der Waals surface area contributed by atoms with Crippen molar-refractivity contribution in [2.75, 3.05) is 13.7 Å². The standard InChI is InChI=1S/C21H22O5/c1-3-25-19(22)13-12-17-16-6-4-5-7-18(16)26-21(17)20(23)14-8-10-15(24-2)11-9-14/h4-11,19,22H,3,12-13H2,1-2H3. The first-order valence-electron chi connectivity index (χ1n) is 8.62. The quantitative estimate of drug-likeness (QED) is 0.490. The van der Waals surface area contributed by atoms with Crippen molar-refractivity contribution in [3.05, 3.63) is 65.4 Å². The minimum Gasteiger partial charge on any atom is -0.497 e. The minimum atomic E-state index is -0.863. The van der Waals surface area contributed by atoms with E-state index < -0.39 is 6.29 Å². The number of rotatable bonds is 8. The Bertz CT molecular complexity index is 879. The summed E-state index contributed by atoms with van der Waals surface area (Å²) in [5, 5.41) is 10.8. The van der Waals surface area contributed by atoms with E-state index in [9.17, 15) is 9.90 Å². The van der Waals surface area contributed by atoms with E-state index in [2.05, 4.69) is 0 Å². The van der Waals surface area contributed by atoms with Crippen LogP contribution in [0.3, 0.4) is 0 Å². The number of ketones is 1.